The molecule has 138 valence electrons. The summed E-state index contributed by atoms with van der Waals surface area (Å²) < 4.78 is 5.03. The quantitative estimate of drug-likeness (QED) is 0.709. The third-order valence-electron chi connectivity index (χ3n) is 5.09. The summed E-state index contributed by atoms with van der Waals surface area (Å²) in [5.41, 5.74) is 2.27. The maximum absolute atomic E-state index is 12.5. The number of hydrogen-bond acceptors (Lipinski definition) is 4. The number of nitrogens with zero attached hydrogens (tertiary/aromatic N) is 2. The van der Waals surface area contributed by atoms with Crippen molar-refractivity contribution in [1.82, 2.24) is 9.88 Å². The van der Waals surface area contributed by atoms with Gasteiger partial charge >= 0.3 is 0 Å². The highest BCUT2D eigenvalue weighted by molar-refractivity contribution is 5.91. The van der Waals surface area contributed by atoms with Crippen molar-refractivity contribution in [3.05, 3.63) is 53.7 Å². The molecule has 0 saturated carbocycles. The summed E-state index contributed by atoms with van der Waals surface area (Å²) in [4.78, 5) is 30.2. The van der Waals surface area contributed by atoms with Crippen LogP contribution in [0.25, 0.3) is 0 Å². The van der Waals surface area contributed by atoms with Gasteiger partial charge in [-0.15, -0.1) is 0 Å². The SMILES string of the molecule is Cc1cccc(CC(=O)N2CCC(CCCC(=O)c3ncco3)CC2)c1. The van der Waals surface area contributed by atoms with Gasteiger partial charge < -0.3 is 9.32 Å². The molecule has 0 unspecified atom stereocenters. The van der Waals surface area contributed by atoms with E-state index >= 15 is 0 Å². The summed E-state index contributed by atoms with van der Waals surface area (Å²) in [6.07, 6.45) is 7.80. The maximum atomic E-state index is 12.5. The van der Waals surface area contributed by atoms with Crippen LogP contribution in [0.4, 0.5) is 0 Å². The van der Waals surface area contributed by atoms with Crippen LogP contribution < -0.4 is 0 Å². The Hall–Kier alpha value is -2.43. The Morgan fingerprint density at radius 3 is 2.77 bits per heavy atom. The number of carbonyl (C=O) groups is 2. The largest absolute Gasteiger partial charge is 0.442 e. The number of piperidine rings is 1. The van der Waals surface area contributed by atoms with Gasteiger partial charge in [-0.1, -0.05) is 29.8 Å². The number of carbonyl (C=O) groups excluding carboxylic acids is 2. The fourth-order valence-corrected chi connectivity index (χ4v) is 3.60. The van der Waals surface area contributed by atoms with Crippen LogP contribution in [0.3, 0.4) is 0 Å². The predicted octanol–water partition coefficient (Wildman–Crippen LogP) is 3.82. The molecule has 0 N–H and O–H groups in total. The molecule has 1 amide bonds. The van der Waals surface area contributed by atoms with E-state index < -0.39 is 0 Å². The molecule has 2 heterocycles. The van der Waals surface area contributed by atoms with Gasteiger partial charge in [-0.25, -0.2) is 4.98 Å². The standard InChI is InChI=1S/C21H26N2O3/c1-16-4-2-6-18(14-16)15-20(25)23-11-8-17(9-12-23)5-3-7-19(24)21-22-10-13-26-21/h2,4,6,10,13-14,17H,3,5,7-9,11-12,15H2,1H3. The minimum absolute atomic E-state index is 0.0271. The molecule has 1 saturated heterocycles. The van der Waals surface area contributed by atoms with Gasteiger partial charge in [0.15, 0.2) is 0 Å². The van der Waals surface area contributed by atoms with Gasteiger partial charge in [0.25, 0.3) is 5.89 Å². The normalized spacial score (nSPS) is 15.2. The summed E-state index contributed by atoms with van der Waals surface area (Å²) >= 11 is 0. The number of aryl methyl sites for hydroxylation is 1. The monoisotopic (exact) mass is 354 g/mol. The van der Waals surface area contributed by atoms with E-state index in [4.69, 9.17) is 4.42 Å². The molecule has 5 nitrogen and oxygen atoms in total. The summed E-state index contributed by atoms with van der Waals surface area (Å²) in [5.74, 6) is 0.992. The molecule has 0 atom stereocenters. The lowest BCUT2D eigenvalue weighted by atomic mass is 9.91. The van der Waals surface area contributed by atoms with Crippen molar-refractivity contribution >= 4 is 11.7 Å². The number of aromatic nitrogens is 1. The number of likely N-dealkylation sites (tertiary alicyclic amines) is 1. The van der Waals surface area contributed by atoms with Crippen LogP contribution >= 0.6 is 0 Å². The predicted molar refractivity (Wildman–Crippen MR) is 98.9 cm³/mol. The van der Waals surface area contributed by atoms with Crippen molar-refractivity contribution in [3.63, 3.8) is 0 Å². The van der Waals surface area contributed by atoms with E-state index in [2.05, 4.69) is 11.1 Å². The molecule has 0 radical (unpaired) electrons. The maximum Gasteiger partial charge on any atom is 0.263 e. The van der Waals surface area contributed by atoms with E-state index in [1.165, 1.54) is 18.0 Å². The van der Waals surface area contributed by atoms with Gasteiger partial charge in [0.1, 0.15) is 6.26 Å². The van der Waals surface area contributed by atoms with Crippen LogP contribution in [0.5, 0.6) is 0 Å². The van der Waals surface area contributed by atoms with Crippen LogP contribution in [-0.2, 0) is 11.2 Å². The molecular weight excluding hydrogens is 328 g/mol. The summed E-state index contributed by atoms with van der Waals surface area (Å²) in [5, 5.41) is 0. The van der Waals surface area contributed by atoms with Crippen LogP contribution in [0.15, 0.2) is 41.1 Å². The first kappa shape index (κ1) is 18.4. The highest BCUT2D eigenvalue weighted by atomic mass is 16.3. The molecule has 0 aliphatic carbocycles. The molecule has 1 aliphatic rings. The number of Topliss-reactive ketones (excluding diaryl/α,β-unsaturated/α-hetero) is 1. The molecular formula is C21H26N2O3. The van der Waals surface area contributed by atoms with Gasteiger partial charge in [0.05, 0.1) is 12.6 Å². The molecule has 1 aromatic carbocycles. The topological polar surface area (TPSA) is 63.4 Å². The van der Waals surface area contributed by atoms with Crippen molar-refractivity contribution in [2.45, 2.75) is 45.4 Å². The second-order valence-corrected chi connectivity index (χ2v) is 7.14. The Morgan fingerprint density at radius 1 is 1.27 bits per heavy atom. The highest BCUT2D eigenvalue weighted by Crippen LogP contribution is 2.23. The van der Waals surface area contributed by atoms with Crippen molar-refractivity contribution < 1.29 is 14.0 Å². The van der Waals surface area contributed by atoms with E-state index in [1.54, 1.807) is 0 Å². The number of rotatable bonds is 7. The van der Waals surface area contributed by atoms with E-state index in [0.717, 1.165) is 44.3 Å². The van der Waals surface area contributed by atoms with Crippen molar-refractivity contribution in [2.24, 2.45) is 5.92 Å². The number of hydrogen-bond donors (Lipinski definition) is 0. The average Bonchev–Trinajstić information content (AvgIpc) is 3.17. The fraction of sp³-hybridized carbons (Fsp3) is 0.476. The van der Waals surface area contributed by atoms with Gasteiger partial charge in [-0.3, -0.25) is 9.59 Å². The summed E-state index contributed by atoms with van der Waals surface area (Å²) in [6.45, 7) is 3.69. The first-order valence-electron chi connectivity index (χ1n) is 9.38. The highest BCUT2D eigenvalue weighted by Gasteiger charge is 2.23. The third kappa shape index (κ3) is 5.04. The molecule has 1 aromatic heterocycles. The lowest BCUT2D eigenvalue weighted by molar-refractivity contribution is -0.131. The van der Waals surface area contributed by atoms with E-state index in [0.29, 0.717) is 18.8 Å². The first-order valence-corrected chi connectivity index (χ1v) is 9.38. The van der Waals surface area contributed by atoms with Crippen molar-refractivity contribution in [3.8, 4) is 0 Å². The Morgan fingerprint density at radius 2 is 2.08 bits per heavy atom. The fourth-order valence-electron chi connectivity index (χ4n) is 3.60. The van der Waals surface area contributed by atoms with E-state index in [-0.39, 0.29) is 17.6 Å². The Bertz CT molecular complexity index is 731. The van der Waals surface area contributed by atoms with Gasteiger partial charge in [-0.05, 0) is 44.1 Å². The van der Waals surface area contributed by atoms with E-state index in [9.17, 15) is 9.59 Å². The number of ketones is 1. The number of benzene rings is 1. The third-order valence-corrected chi connectivity index (χ3v) is 5.09. The minimum atomic E-state index is -0.0271. The van der Waals surface area contributed by atoms with Crippen molar-refractivity contribution in [2.75, 3.05) is 13.1 Å². The summed E-state index contributed by atoms with van der Waals surface area (Å²) in [7, 11) is 0. The molecule has 5 heteroatoms. The number of amides is 1. The average molecular weight is 354 g/mol. The molecule has 0 spiro atoms. The van der Waals surface area contributed by atoms with Gasteiger partial charge in [0.2, 0.25) is 11.7 Å². The molecule has 1 aliphatic heterocycles. The lowest BCUT2D eigenvalue weighted by Crippen LogP contribution is -2.39. The number of oxazole rings is 1. The first-order chi connectivity index (χ1) is 12.6. The van der Waals surface area contributed by atoms with Crippen LogP contribution in [0.1, 0.15) is 53.9 Å². The van der Waals surface area contributed by atoms with Crippen LogP contribution in [0, 0.1) is 12.8 Å². The van der Waals surface area contributed by atoms with Crippen LogP contribution in [-0.4, -0.2) is 34.7 Å². The van der Waals surface area contributed by atoms with E-state index in [1.807, 2.05) is 30.0 Å². The molecule has 26 heavy (non-hydrogen) atoms. The minimum Gasteiger partial charge on any atom is -0.442 e. The molecule has 3 rings (SSSR count). The van der Waals surface area contributed by atoms with Gasteiger partial charge in [0, 0.05) is 19.5 Å². The zero-order valence-corrected chi connectivity index (χ0v) is 15.3. The zero-order valence-electron chi connectivity index (χ0n) is 15.3. The van der Waals surface area contributed by atoms with Gasteiger partial charge in [-0.2, -0.15) is 0 Å². The molecule has 0 bridgehead atoms. The van der Waals surface area contributed by atoms with Crippen LogP contribution in [0.2, 0.25) is 0 Å². The summed E-state index contributed by atoms with van der Waals surface area (Å²) in [6, 6.07) is 8.15. The lowest BCUT2D eigenvalue weighted by Gasteiger charge is -2.32. The molecule has 2 aromatic rings. The Labute approximate surface area is 154 Å². The Balaban J connectivity index is 1.37. The molecule has 1 fully saturated rings. The second-order valence-electron chi connectivity index (χ2n) is 7.14. The zero-order chi connectivity index (χ0) is 18.4. The second kappa shape index (κ2) is 8.79. The smallest absolute Gasteiger partial charge is 0.263 e. The Kier molecular flexibility index (Phi) is 6.21. The van der Waals surface area contributed by atoms with Crippen molar-refractivity contribution in [1.29, 1.82) is 0 Å².